The Morgan fingerprint density at radius 3 is 2.50 bits per heavy atom. The van der Waals surface area contributed by atoms with Crippen molar-refractivity contribution in [3.63, 3.8) is 0 Å². The van der Waals surface area contributed by atoms with E-state index >= 15 is 0 Å². The first-order valence-electron chi connectivity index (χ1n) is 3.74. The first kappa shape index (κ1) is 8.93. The van der Waals surface area contributed by atoms with Crippen LogP contribution in [0.3, 0.4) is 0 Å². The van der Waals surface area contributed by atoms with E-state index in [4.69, 9.17) is 5.11 Å². The molecule has 0 aromatic rings. The second kappa shape index (κ2) is 3.06. The minimum Gasteiger partial charge on any atom is -0.394 e. The van der Waals surface area contributed by atoms with E-state index in [0.29, 0.717) is 5.57 Å². The Kier molecular flexibility index (Phi) is 2.28. The Bertz CT molecular complexity index is 257. The first-order chi connectivity index (χ1) is 5.57. The third-order valence-electron chi connectivity index (χ3n) is 1.84. The summed E-state index contributed by atoms with van der Waals surface area (Å²) in [7, 11) is 0. The number of rotatable bonds is 2. The summed E-state index contributed by atoms with van der Waals surface area (Å²) in [5.41, 5.74) is 0.431. The zero-order valence-corrected chi connectivity index (χ0v) is 7.07. The number of hydrogen-bond acceptors (Lipinski definition) is 3. The van der Waals surface area contributed by atoms with Crippen LogP contribution in [0, 0.1) is 0 Å². The predicted octanol–water partition coefficient (Wildman–Crippen LogP) is -0.318. The van der Waals surface area contributed by atoms with Crippen LogP contribution in [0.25, 0.3) is 0 Å². The fourth-order valence-electron chi connectivity index (χ4n) is 1.11. The van der Waals surface area contributed by atoms with Gasteiger partial charge in [0.05, 0.1) is 12.6 Å². The summed E-state index contributed by atoms with van der Waals surface area (Å²) in [4.78, 5) is 23.4. The minimum atomic E-state index is -0.432. The molecule has 0 aliphatic carbocycles. The molecule has 0 saturated carbocycles. The topological polar surface area (TPSA) is 57.6 Å². The van der Waals surface area contributed by atoms with Crippen molar-refractivity contribution < 1.29 is 14.7 Å². The van der Waals surface area contributed by atoms with Crippen LogP contribution in [0.1, 0.15) is 13.8 Å². The zero-order chi connectivity index (χ0) is 9.30. The summed E-state index contributed by atoms with van der Waals surface area (Å²) in [6.07, 6.45) is 1.29. The third kappa shape index (κ3) is 1.25. The van der Waals surface area contributed by atoms with E-state index in [1.165, 1.54) is 6.08 Å². The highest BCUT2D eigenvalue weighted by Crippen LogP contribution is 2.14. The molecule has 1 rings (SSSR count). The van der Waals surface area contributed by atoms with E-state index in [2.05, 4.69) is 0 Å². The number of amides is 2. The van der Waals surface area contributed by atoms with Crippen LogP contribution in [0.2, 0.25) is 0 Å². The van der Waals surface area contributed by atoms with Gasteiger partial charge in [0.2, 0.25) is 0 Å². The first-order valence-corrected chi connectivity index (χ1v) is 3.74. The maximum atomic E-state index is 11.2. The van der Waals surface area contributed by atoms with Crippen LogP contribution in [0.4, 0.5) is 0 Å². The van der Waals surface area contributed by atoms with Crippen molar-refractivity contribution >= 4 is 11.8 Å². The number of carbonyl (C=O) groups is 2. The molecule has 0 bridgehead atoms. The maximum absolute atomic E-state index is 11.2. The lowest BCUT2D eigenvalue weighted by atomic mass is 10.3. The van der Waals surface area contributed by atoms with E-state index in [1.54, 1.807) is 13.8 Å². The molecule has 0 spiro atoms. The Hall–Kier alpha value is -1.16. The van der Waals surface area contributed by atoms with Crippen molar-refractivity contribution in [3.8, 4) is 0 Å². The van der Waals surface area contributed by atoms with Gasteiger partial charge >= 0.3 is 0 Å². The van der Waals surface area contributed by atoms with Crippen molar-refractivity contribution in [2.24, 2.45) is 0 Å². The summed E-state index contributed by atoms with van der Waals surface area (Å²) in [5.74, 6) is -0.638. The number of imide groups is 1. The Balaban J connectivity index is 2.83. The molecule has 2 amide bonds. The zero-order valence-electron chi connectivity index (χ0n) is 7.07. The second-order valence-corrected chi connectivity index (χ2v) is 2.87. The van der Waals surface area contributed by atoms with E-state index in [-0.39, 0.29) is 18.4 Å². The van der Waals surface area contributed by atoms with Gasteiger partial charge in [-0.1, -0.05) is 0 Å². The molecule has 1 atom stereocenters. The molecule has 1 aliphatic rings. The highest BCUT2D eigenvalue weighted by atomic mass is 16.3. The van der Waals surface area contributed by atoms with Gasteiger partial charge in [0, 0.05) is 11.6 Å². The molecule has 1 heterocycles. The van der Waals surface area contributed by atoms with Crippen LogP contribution in [0.5, 0.6) is 0 Å². The fraction of sp³-hybridized carbons (Fsp3) is 0.500. The van der Waals surface area contributed by atoms with Gasteiger partial charge in [-0.25, -0.2) is 0 Å². The summed E-state index contributed by atoms with van der Waals surface area (Å²) in [6.45, 7) is 3.02. The van der Waals surface area contributed by atoms with E-state index in [0.717, 1.165) is 4.90 Å². The molecular weight excluding hydrogens is 158 g/mol. The van der Waals surface area contributed by atoms with Gasteiger partial charge in [-0.2, -0.15) is 0 Å². The lowest BCUT2D eigenvalue weighted by molar-refractivity contribution is -0.140. The molecule has 0 fully saturated rings. The van der Waals surface area contributed by atoms with Crippen LogP contribution >= 0.6 is 0 Å². The average Bonchev–Trinajstić information content (AvgIpc) is 2.26. The van der Waals surface area contributed by atoms with Gasteiger partial charge in [0.1, 0.15) is 0 Å². The Morgan fingerprint density at radius 2 is 2.17 bits per heavy atom. The molecule has 0 saturated heterocycles. The average molecular weight is 169 g/mol. The van der Waals surface area contributed by atoms with E-state index < -0.39 is 6.04 Å². The molecule has 0 aromatic carbocycles. The minimum absolute atomic E-state index is 0.196. The van der Waals surface area contributed by atoms with Crippen molar-refractivity contribution in [3.05, 3.63) is 11.6 Å². The Morgan fingerprint density at radius 1 is 1.58 bits per heavy atom. The van der Waals surface area contributed by atoms with Crippen molar-refractivity contribution in [2.45, 2.75) is 19.9 Å². The van der Waals surface area contributed by atoms with E-state index in [9.17, 15) is 9.59 Å². The van der Waals surface area contributed by atoms with Crippen LogP contribution in [0.15, 0.2) is 11.6 Å². The van der Waals surface area contributed by atoms with Gasteiger partial charge in [0.25, 0.3) is 11.8 Å². The molecular formula is C8H11NO3. The highest BCUT2D eigenvalue weighted by molar-refractivity contribution is 6.16. The standard InChI is InChI=1S/C8H11NO3/c1-5-3-7(11)9(8(5)12)6(2)4-10/h3,6,10H,4H2,1-2H3/t6-/m1/s1. The SMILES string of the molecule is CC1=CC(=O)N([C@H](C)CO)C1=O. The van der Waals surface area contributed by atoms with Crippen LogP contribution in [-0.2, 0) is 9.59 Å². The van der Waals surface area contributed by atoms with Gasteiger partial charge in [0.15, 0.2) is 0 Å². The molecule has 12 heavy (non-hydrogen) atoms. The largest absolute Gasteiger partial charge is 0.394 e. The van der Waals surface area contributed by atoms with Crippen molar-refractivity contribution in [1.82, 2.24) is 4.90 Å². The summed E-state index contributed by atoms with van der Waals surface area (Å²) >= 11 is 0. The molecule has 66 valence electrons. The van der Waals surface area contributed by atoms with Gasteiger partial charge < -0.3 is 5.11 Å². The van der Waals surface area contributed by atoms with E-state index in [1.807, 2.05) is 0 Å². The van der Waals surface area contributed by atoms with Crippen molar-refractivity contribution in [2.75, 3.05) is 6.61 Å². The number of aliphatic hydroxyl groups is 1. The smallest absolute Gasteiger partial charge is 0.256 e. The number of carbonyl (C=O) groups excluding carboxylic acids is 2. The number of aliphatic hydroxyl groups excluding tert-OH is 1. The number of nitrogens with zero attached hydrogens (tertiary/aromatic N) is 1. The normalized spacial score (nSPS) is 19.9. The second-order valence-electron chi connectivity index (χ2n) is 2.87. The fourth-order valence-corrected chi connectivity index (χ4v) is 1.11. The summed E-state index contributed by atoms with van der Waals surface area (Å²) in [6, 6.07) is -0.432. The maximum Gasteiger partial charge on any atom is 0.256 e. The van der Waals surface area contributed by atoms with Crippen molar-refractivity contribution in [1.29, 1.82) is 0 Å². The quantitative estimate of drug-likeness (QED) is 0.576. The predicted molar refractivity (Wildman–Crippen MR) is 42.2 cm³/mol. The molecule has 0 unspecified atom stereocenters. The van der Waals surface area contributed by atoms with Crippen LogP contribution in [-0.4, -0.2) is 34.5 Å². The monoisotopic (exact) mass is 169 g/mol. The molecule has 1 N–H and O–H groups in total. The summed E-state index contributed by atoms with van der Waals surface area (Å²) in [5, 5.41) is 8.75. The lowest BCUT2D eigenvalue weighted by Gasteiger charge is -2.20. The van der Waals surface area contributed by atoms with Gasteiger partial charge in [-0.05, 0) is 13.8 Å². The Labute approximate surface area is 70.5 Å². The number of hydrogen-bond donors (Lipinski definition) is 1. The molecule has 0 radical (unpaired) electrons. The third-order valence-corrected chi connectivity index (χ3v) is 1.84. The molecule has 4 heteroatoms. The lowest BCUT2D eigenvalue weighted by Crippen LogP contribution is -2.40. The molecule has 4 nitrogen and oxygen atoms in total. The van der Waals surface area contributed by atoms with Gasteiger partial charge in [-0.3, -0.25) is 14.5 Å². The molecule has 1 aliphatic heterocycles. The van der Waals surface area contributed by atoms with Crippen LogP contribution < -0.4 is 0 Å². The van der Waals surface area contributed by atoms with Gasteiger partial charge in [-0.15, -0.1) is 0 Å². The summed E-state index contributed by atoms with van der Waals surface area (Å²) < 4.78 is 0. The highest BCUT2D eigenvalue weighted by Gasteiger charge is 2.31. The molecule has 0 aromatic heterocycles.